The van der Waals surface area contributed by atoms with Crippen molar-refractivity contribution in [3.8, 4) is 0 Å². The summed E-state index contributed by atoms with van der Waals surface area (Å²) in [6.45, 7) is 2.33. The number of nitrogens with two attached hydrogens (primary N) is 1. The molecule has 0 spiro atoms. The first-order chi connectivity index (χ1) is 6.24. The van der Waals surface area contributed by atoms with E-state index in [-0.39, 0.29) is 11.9 Å². The topological polar surface area (TPSA) is 55.6 Å². The van der Waals surface area contributed by atoms with E-state index in [0.29, 0.717) is 6.42 Å². The number of hydrogen-bond acceptors (Lipinski definition) is 3. The second-order valence-corrected chi connectivity index (χ2v) is 3.50. The lowest BCUT2D eigenvalue weighted by Gasteiger charge is -2.15. The van der Waals surface area contributed by atoms with Gasteiger partial charge in [0.15, 0.2) is 0 Å². The van der Waals surface area contributed by atoms with Crippen LogP contribution in [0.25, 0.3) is 0 Å². The van der Waals surface area contributed by atoms with Crippen LogP contribution in [0.15, 0.2) is 0 Å². The zero-order valence-corrected chi connectivity index (χ0v) is 8.16. The minimum Gasteiger partial charge on any atom is -0.385 e. The lowest BCUT2D eigenvalue weighted by molar-refractivity contribution is -0.127. The minimum atomic E-state index is 0.0509. The number of amides is 1. The quantitative estimate of drug-likeness (QED) is 0.614. The number of hydrogen-bond donors (Lipinski definition) is 1. The molecule has 1 aliphatic heterocycles. The minimum absolute atomic E-state index is 0.0509. The van der Waals surface area contributed by atoms with Gasteiger partial charge in [0.1, 0.15) is 0 Å². The van der Waals surface area contributed by atoms with Crippen molar-refractivity contribution in [2.45, 2.75) is 25.3 Å². The number of likely N-dealkylation sites (tertiary alicyclic amines) is 1. The van der Waals surface area contributed by atoms with Crippen molar-refractivity contribution in [1.82, 2.24) is 4.90 Å². The SMILES string of the molecule is COCCCCN1CC(N)CC1=O. The highest BCUT2D eigenvalue weighted by molar-refractivity contribution is 5.79. The van der Waals surface area contributed by atoms with Crippen molar-refractivity contribution in [3.05, 3.63) is 0 Å². The van der Waals surface area contributed by atoms with Crippen molar-refractivity contribution in [2.24, 2.45) is 5.73 Å². The molecule has 4 nitrogen and oxygen atoms in total. The molecule has 2 N–H and O–H groups in total. The van der Waals surface area contributed by atoms with Gasteiger partial charge in [0.25, 0.3) is 0 Å². The van der Waals surface area contributed by atoms with Crippen LogP contribution in [0.2, 0.25) is 0 Å². The van der Waals surface area contributed by atoms with Gasteiger partial charge in [-0.3, -0.25) is 4.79 Å². The van der Waals surface area contributed by atoms with E-state index in [1.807, 2.05) is 4.90 Å². The lowest BCUT2D eigenvalue weighted by Crippen LogP contribution is -2.29. The smallest absolute Gasteiger partial charge is 0.224 e. The fourth-order valence-electron chi connectivity index (χ4n) is 1.57. The molecule has 1 unspecified atom stereocenters. The van der Waals surface area contributed by atoms with Gasteiger partial charge in [-0.1, -0.05) is 0 Å². The molecular formula is C9H18N2O2. The summed E-state index contributed by atoms with van der Waals surface area (Å²) < 4.78 is 4.93. The van der Waals surface area contributed by atoms with Crippen LogP contribution in [0.3, 0.4) is 0 Å². The third-order valence-electron chi connectivity index (χ3n) is 2.27. The van der Waals surface area contributed by atoms with Gasteiger partial charge in [-0.05, 0) is 12.8 Å². The van der Waals surface area contributed by atoms with E-state index in [1.54, 1.807) is 7.11 Å². The summed E-state index contributed by atoms with van der Waals surface area (Å²) in [5.74, 6) is 0.199. The highest BCUT2D eigenvalue weighted by atomic mass is 16.5. The van der Waals surface area contributed by atoms with Gasteiger partial charge in [0.2, 0.25) is 5.91 Å². The fraction of sp³-hybridized carbons (Fsp3) is 0.889. The number of carbonyl (C=O) groups excluding carboxylic acids is 1. The number of unbranched alkanes of at least 4 members (excludes halogenated alkanes) is 1. The van der Waals surface area contributed by atoms with E-state index < -0.39 is 0 Å². The fourth-order valence-corrected chi connectivity index (χ4v) is 1.57. The van der Waals surface area contributed by atoms with E-state index in [1.165, 1.54) is 0 Å². The Labute approximate surface area is 79.0 Å². The second kappa shape index (κ2) is 5.19. The molecule has 1 saturated heterocycles. The predicted octanol–water partition coefficient (Wildman–Crippen LogP) is -0.0274. The van der Waals surface area contributed by atoms with E-state index in [9.17, 15) is 4.79 Å². The number of rotatable bonds is 5. The Balaban J connectivity index is 2.11. The number of methoxy groups -OCH3 is 1. The van der Waals surface area contributed by atoms with E-state index >= 15 is 0 Å². The summed E-state index contributed by atoms with van der Waals surface area (Å²) in [6, 6.07) is 0.0509. The Morgan fingerprint density at radius 3 is 2.92 bits per heavy atom. The maximum absolute atomic E-state index is 11.3. The van der Waals surface area contributed by atoms with Crippen molar-refractivity contribution in [1.29, 1.82) is 0 Å². The zero-order valence-electron chi connectivity index (χ0n) is 8.16. The van der Waals surface area contributed by atoms with Gasteiger partial charge in [-0.25, -0.2) is 0 Å². The van der Waals surface area contributed by atoms with Gasteiger partial charge >= 0.3 is 0 Å². The molecule has 1 aliphatic rings. The molecular weight excluding hydrogens is 168 g/mol. The Hall–Kier alpha value is -0.610. The Morgan fingerprint density at radius 2 is 2.38 bits per heavy atom. The molecule has 1 amide bonds. The lowest BCUT2D eigenvalue weighted by atomic mass is 10.3. The average Bonchev–Trinajstić information content (AvgIpc) is 2.39. The van der Waals surface area contributed by atoms with Crippen LogP contribution in [0.5, 0.6) is 0 Å². The highest BCUT2D eigenvalue weighted by Gasteiger charge is 2.25. The van der Waals surface area contributed by atoms with Crippen LogP contribution in [0.1, 0.15) is 19.3 Å². The molecule has 0 aromatic heterocycles. The standard InChI is InChI=1S/C9H18N2O2/c1-13-5-3-2-4-11-7-8(10)6-9(11)12/h8H,2-7,10H2,1H3. The first kappa shape index (κ1) is 10.5. The van der Waals surface area contributed by atoms with Gasteiger partial charge < -0.3 is 15.4 Å². The number of carbonyl (C=O) groups is 1. The highest BCUT2D eigenvalue weighted by Crippen LogP contribution is 2.09. The summed E-state index contributed by atoms with van der Waals surface area (Å²) >= 11 is 0. The van der Waals surface area contributed by atoms with Crippen LogP contribution in [-0.2, 0) is 9.53 Å². The summed E-state index contributed by atoms with van der Waals surface area (Å²) in [7, 11) is 1.69. The van der Waals surface area contributed by atoms with E-state index in [4.69, 9.17) is 10.5 Å². The summed E-state index contributed by atoms with van der Waals surface area (Å²) in [5.41, 5.74) is 5.66. The maximum atomic E-state index is 11.3. The molecule has 0 aromatic rings. The van der Waals surface area contributed by atoms with Crippen LogP contribution in [-0.4, -0.2) is 43.7 Å². The first-order valence-electron chi connectivity index (χ1n) is 4.76. The molecule has 1 fully saturated rings. The Bertz CT molecular complexity index is 173. The normalized spacial score (nSPS) is 22.8. The summed E-state index contributed by atoms with van der Waals surface area (Å²) in [5, 5.41) is 0. The molecule has 4 heteroatoms. The van der Waals surface area contributed by atoms with Crippen molar-refractivity contribution >= 4 is 5.91 Å². The van der Waals surface area contributed by atoms with Crippen LogP contribution in [0.4, 0.5) is 0 Å². The third kappa shape index (κ3) is 3.32. The van der Waals surface area contributed by atoms with Crippen molar-refractivity contribution < 1.29 is 9.53 Å². The number of nitrogens with zero attached hydrogens (tertiary/aromatic N) is 1. The molecule has 0 bridgehead atoms. The van der Waals surface area contributed by atoms with Crippen molar-refractivity contribution in [2.75, 3.05) is 26.8 Å². The molecule has 0 aromatic carbocycles. The van der Waals surface area contributed by atoms with E-state index in [2.05, 4.69) is 0 Å². The van der Waals surface area contributed by atoms with Gasteiger partial charge in [-0.2, -0.15) is 0 Å². The van der Waals surface area contributed by atoms with Crippen LogP contribution in [0, 0.1) is 0 Å². The monoisotopic (exact) mass is 186 g/mol. The largest absolute Gasteiger partial charge is 0.385 e. The van der Waals surface area contributed by atoms with Crippen LogP contribution < -0.4 is 5.73 Å². The second-order valence-electron chi connectivity index (χ2n) is 3.50. The van der Waals surface area contributed by atoms with Gasteiger partial charge in [0, 0.05) is 39.3 Å². The Kier molecular flexibility index (Phi) is 4.18. The average molecular weight is 186 g/mol. The van der Waals surface area contributed by atoms with Gasteiger partial charge in [-0.15, -0.1) is 0 Å². The molecule has 1 heterocycles. The van der Waals surface area contributed by atoms with E-state index in [0.717, 1.165) is 32.5 Å². The molecule has 0 saturated carbocycles. The molecule has 0 radical (unpaired) electrons. The molecule has 1 atom stereocenters. The maximum Gasteiger partial charge on any atom is 0.224 e. The third-order valence-corrected chi connectivity index (χ3v) is 2.27. The molecule has 1 rings (SSSR count). The summed E-state index contributed by atoms with van der Waals surface area (Å²) in [4.78, 5) is 13.1. The summed E-state index contributed by atoms with van der Waals surface area (Å²) in [6.07, 6.45) is 2.53. The zero-order chi connectivity index (χ0) is 9.68. The van der Waals surface area contributed by atoms with Crippen LogP contribution >= 0.6 is 0 Å². The predicted molar refractivity (Wildman–Crippen MR) is 50.3 cm³/mol. The molecule has 13 heavy (non-hydrogen) atoms. The number of ether oxygens (including phenoxy) is 1. The Morgan fingerprint density at radius 1 is 1.62 bits per heavy atom. The van der Waals surface area contributed by atoms with Crippen molar-refractivity contribution in [3.63, 3.8) is 0 Å². The molecule has 0 aliphatic carbocycles. The first-order valence-corrected chi connectivity index (χ1v) is 4.76. The van der Waals surface area contributed by atoms with Gasteiger partial charge in [0.05, 0.1) is 0 Å². The molecule has 76 valence electrons.